The maximum Gasteiger partial charge on any atom is 0.417 e. The molecule has 5 heteroatoms. The highest BCUT2D eigenvalue weighted by molar-refractivity contribution is 6.05. The molecule has 1 saturated carbocycles. The number of carbonyl (C=O) groups is 1. The van der Waals surface area contributed by atoms with Crippen LogP contribution in [0.3, 0.4) is 0 Å². The predicted molar refractivity (Wildman–Crippen MR) is 64.7 cm³/mol. The van der Waals surface area contributed by atoms with Crippen LogP contribution in [0.1, 0.15) is 48.0 Å². The van der Waals surface area contributed by atoms with E-state index in [0.29, 0.717) is 0 Å². The molecule has 0 bridgehead atoms. The van der Waals surface area contributed by atoms with Crippen molar-refractivity contribution < 1.29 is 18.0 Å². The average Bonchev–Trinajstić information content (AvgIpc) is 2.39. The Balaban J connectivity index is 2.29. The summed E-state index contributed by atoms with van der Waals surface area (Å²) in [6.45, 7) is 0. The molecule has 2 nitrogen and oxygen atoms in total. The molecule has 1 aliphatic rings. The van der Waals surface area contributed by atoms with Crippen molar-refractivity contribution in [2.24, 2.45) is 0 Å². The minimum Gasteiger partial charge on any atom is -0.289 e. The molecule has 2 rings (SSSR count). The molecule has 0 N–H and O–H groups in total. The van der Waals surface area contributed by atoms with Gasteiger partial charge in [-0.05, 0) is 37.8 Å². The predicted octanol–water partition coefficient (Wildman–Crippen LogP) is 4.17. The molecule has 1 heterocycles. The van der Waals surface area contributed by atoms with Crippen LogP contribution in [0.4, 0.5) is 13.2 Å². The van der Waals surface area contributed by atoms with Gasteiger partial charge in [0.05, 0.1) is 11.1 Å². The molecule has 0 unspecified atom stereocenters. The third kappa shape index (κ3) is 3.43. The number of hydrogen-bond acceptors (Lipinski definition) is 2. The Kier molecular flexibility index (Phi) is 4.02. The fraction of sp³-hybridized carbons (Fsp3) is 0.429. The van der Waals surface area contributed by atoms with Crippen LogP contribution in [0.5, 0.6) is 0 Å². The van der Waals surface area contributed by atoms with Crippen LogP contribution in [-0.2, 0) is 6.18 Å². The van der Waals surface area contributed by atoms with Crippen molar-refractivity contribution in [3.8, 4) is 0 Å². The molecular formula is C14H14F3NO. The topological polar surface area (TPSA) is 30.0 Å². The molecule has 0 radical (unpaired) electrons. The summed E-state index contributed by atoms with van der Waals surface area (Å²) in [5, 5.41) is 0. The number of rotatable bonds is 2. The molecule has 0 atom stereocenters. The molecule has 0 amide bonds. The van der Waals surface area contributed by atoms with E-state index >= 15 is 0 Å². The van der Waals surface area contributed by atoms with Crippen molar-refractivity contribution in [1.29, 1.82) is 0 Å². The summed E-state index contributed by atoms with van der Waals surface area (Å²) < 4.78 is 38.4. The van der Waals surface area contributed by atoms with Gasteiger partial charge in [0.1, 0.15) is 0 Å². The van der Waals surface area contributed by atoms with Crippen molar-refractivity contribution in [1.82, 2.24) is 4.98 Å². The first-order chi connectivity index (χ1) is 8.98. The van der Waals surface area contributed by atoms with E-state index in [2.05, 4.69) is 4.98 Å². The molecule has 1 fully saturated rings. The summed E-state index contributed by atoms with van der Waals surface area (Å²) in [6.07, 6.45) is 3.58. The van der Waals surface area contributed by atoms with Gasteiger partial charge in [-0.1, -0.05) is 12.0 Å². The highest BCUT2D eigenvalue weighted by atomic mass is 19.4. The number of hydrogen-bond donors (Lipinski definition) is 0. The van der Waals surface area contributed by atoms with Gasteiger partial charge >= 0.3 is 6.18 Å². The van der Waals surface area contributed by atoms with E-state index in [0.717, 1.165) is 56.1 Å². The van der Waals surface area contributed by atoms with Crippen LogP contribution >= 0.6 is 0 Å². The van der Waals surface area contributed by atoms with Gasteiger partial charge in [-0.15, -0.1) is 0 Å². The number of ketones is 1. The third-order valence-corrected chi connectivity index (χ3v) is 3.22. The Labute approximate surface area is 109 Å². The lowest BCUT2D eigenvalue weighted by atomic mass is 9.93. The molecule has 0 spiro atoms. The van der Waals surface area contributed by atoms with E-state index in [1.165, 1.54) is 6.08 Å². The van der Waals surface area contributed by atoms with Crippen LogP contribution < -0.4 is 0 Å². The van der Waals surface area contributed by atoms with Crippen LogP contribution in [0.15, 0.2) is 30.1 Å². The fourth-order valence-corrected chi connectivity index (χ4v) is 2.25. The monoisotopic (exact) mass is 269 g/mol. The Morgan fingerprint density at radius 1 is 1.21 bits per heavy atom. The summed E-state index contributed by atoms with van der Waals surface area (Å²) in [7, 11) is 0. The van der Waals surface area contributed by atoms with Gasteiger partial charge < -0.3 is 0 Å². The quantitative estimate of drug-likeness (QED) is 0.595. The van der Waals surface area contributed by atoms with E-state index in [4.69, 9.17) is 0 Å². The number of nitrogens with zero attached hydrogens (tertiary/aromatic N) is 1. The zero-order valence-electron chi connectivity index (χ0n) is 10.3. The van der Waals surface area contributed by atoms with Gasteiger partial charge in [0.15, 0.2) is 5.78 Å². The summed E-state index contributed by atoms with van der Waals surface area (Å²) in [5.74, 6) is -0.600. The Morgan fingerprint density at radius 2 is 1.89 bits per heavy atom. The second-order valence-electron chi connectivity index (χ2n) is 4.65. The first-order valence-corrected chi connectivity index (χ1v) is 6.23. The minimum absolute atomic E-state index is 0.368. The van der Waals surface area contributed by atoms with E-state index < -0.39 is 17.5 Å². The molecule has 0 aromatic carbocycles. The molecule has 19 heavy (non-hydrogen) atoms. The van der Waals surface area contributed by atoms with Gasteiger partial charge in [-0.3, -0.25) is 9.78 Å². The maximum absolute atomic E-state index is 12.8. The minimum atomic E-state index is -4.53. The van der Waals surface area contributed by atoms with Gasteiger partial charge in [-0.25, -0.2) is 0 Å². The molecule has 1 aromatic rings. The van der Waals surface area contributed by atoms with Crippen LogP contribution in [0.2, 0.25) is 0 Å². The average molecular weight is 269 g/mol. The number of alkyl halides is 3. The SMILES string of the molecule is O=C(C=C1CCCCC1)c1cnccc1C(F)(F)F. The van der Waals surface area contributed by atoms with E-state index in [-0.39, 0.29) is 5.56 Å². The van der Waals surface area contributed by atoms with Gasteiger partial charge in [-0.2, -0.15) is 13.2 Å². The molecular weight excluding hydrogens is 255 g/mol. The molecule has 1 aliphatic carbocycles. The van der Waals surface area contributed by atoms with Gasteiger partial charge in [0, 0.05) is 12.4 Å². The lowest BCUT2D eigenvalue weighted by Gasteiger charge is -2.14. The fourth-order valence-electron chi connectivity index (χ4n) is 2.25. The highest BCUT2D eigenvalue weighted by Crippen LogP contribution is 2.32. The number of halogens is 3. The van der Waals surface area contributed by atoms with E-state index in [9.17, 15) is 18.0 Å². The van der Waals surface area contributed by atoms with Crippen molar-refractivity contribution in [3.63, 3.8) is 0 Å². The second-order valence-corrected chi connectivity index (χ2v) is 4.65. The largest absolute Gasteiger partial charge is 0.417 e. The van der Waals surface area contributed by atoms with Gasteiger partial charge in [0.2, 0.25) is 0 Å². The Hall–Kier alpha value is -1.65. The zero-order valence-corrected chi connectivity index (χ0v) is 10.3. The lowest BCUT2D eigenvalue weighted by molar-refractivity contribution is -0.137. The second kappa shape index (κ2) is 5.55. The molecule has 102 valence electrons. The third-order valence-electron chi connectivity index (χ3n) is 3.22. The first-order valence-electron chi connectivity index (χ1n) is 6.23. The van der Waals surface area contributed by atoms with E-state index in [1.54, 1.807) is 0 Å². The zero-order chi connectivity index (χ0) is 13.9. The molecule has 0 aliphatic heterocycles. The molecule has 1 aromatic heterocycles. The summed E-state index contributed by atoms with van der Waals surface area (Å²) in [4.78, 5) is 15.6. The van der Waals surface area contributed by atoms with Crippen molar-refractivity contribution in [2.45, 2.75) is 38.3 Å². The lowest BCUT2D eigenvalue weighted by Crippen LogP contribution is -2.13. The number of pyridine rings is 1. The number of aromatic nitrogens is 1. The smallest absolute Gasteiger partial charge is 0.289 e. The summed E-state index contributed by atoms with van der Waals surface area (Å²) in [5.41, 5.74) is -0.346. The standard InChI is InChI=1S/C14H14F3NO/c15-14(16,17)12-6-7-18-9-11(12)13(19)8-10-4-2-1-3-5-10/h6-9H,1-5H2. The normalized spacial score (nSPS) is 16.3. The Bertz CT molecular complexity index is 498. The van der Waals surface area contributed by atoms with Crippen LogP contribution in [-0.4, -0.2) is 10.8 Å². The summed E-state index contributed by atoms with van der Waals surface area (Å²) >= 11 is 0. The van der Waals surface area contributed by atoms with Crippen molar-refractivity contribution in [3.05, 3.63) is 41.2 Å². The van der Waals surface area contributed by atoms with Crippen molar-refractivity contribution >= 4 is 5.78 Å². The molecule has 0 saturated heterocycles. The maximum atomic E-state index is 12.8. The van der Waals surface area contributed by atoms with Gasteiger partial charge in [0.25, 0.3) is 0 Å². The number of allylic oxidation sites excluding steroid dienone is 2. The van der Waals surface area contributed by atoms with Crippen molar-refractivity contribution in [2.75, 3.05) is 0 Å². The van der Waals surface area contributed by atoms with E-state index in [1.807, 2.05) is 0 Å². The summed E-state index contributed by atoms with van der Waals surface area (Å²) in [6, 6.07) is 0.840. The number of carbonyl (C=O) groups excluding carboxylic acids is 1. The van der Waals surface area contributed by atoms with Crippen LogP contribution in [0.25, 0.3) is 0 Å². The first kappa shape index (κ1) is 13.8. The Morgan fingerprint density at radius 3 is 2.53 bits per heavy atom. The van der Waals surface area contributed by atoms with Crippen LogP contribution in [0, 0.1) is 0 Å². The highest BCUT2D eigenvalue weighted by Gasteiger charge is 2.34.